The van der Waals surface area contributed by atoms with Gasteiger partial charge in [0.1, 0.15) is 0 Å². The zero-order valence-corrected chi connectivity index (χ0v) is 11.2. The van der Waals surface area contributed by atoms with E-state index in [2.05, 4.69) is 11.6 Å². The van der Waals surface area contributed by atoms with Gasteiger partial charge in [-0.1, -0.05) is 11.6 Å². The third-order valence-corrected chi connectivity index (χ3v) is 4.73. The molecule has 0 aliphatic heterocycles. The topological polar surface area (TPSA) is 55.1 Å². The summed E-state index contributed by atoms with van der Waals surface area (Å²) in [7, 11) is 0. The standard InChI is InChI=1S/C12H15ClN2OS/c1-17-12(4-5-12)7-15-11(16)9-6-8(13)2-3-10(9)14/h2-3,6H,4-5,7,14H2,1H3,(H,15,16). The van der Waals surface area contributed by atoms with Crippen molar-refractivity contribution < 1.29 is 4.79 Å². The van der Waals surface area contributed by atoms with Gasteiger partial charge in [0, 0.05) is 22.0 Å². The Morgan fingerprint density at radius 2 is 2.29 bits per heavy atom. The molecule has 1 saturated carbocycles. The SMILES string of the molecule is CSC1(CNC(=O)c2cc(Cl)ccc2N)CC1. The van der Waals surface area contributed by atoms with E-state index < -0.39 is 0 Å². The summed E-state index contributed by atoms with van der Waals surface area (Å²) in [6.45, 7) is 0.693. The molecule has 5 heteroatoms. The average molecular weight is 271 g/mol. The highest BCUT2D eigenvalue weighted by molar-refractivity contribution is 8.00. The third kappa shape index (κ3) is 2.87. The van der Waals surface area contributed by atoms with Crippen molar-refractivity contribution in [3.63, 3.8) is 0 Å². The predicted octanol–water partition coefficient (Wildman–Crippen LogP) is 2.55. The Labute approximate surface area is 110 Å². The van der Waals surface area contributed by atoms with E-state index in [-0.39, 0.29) is 10.7 Å². The van der Waals surface area contributed by atoms with Gasteiger partial charge in [-0.05, 0) is 37.3 Å². The molecular formula is C12H15ClN2OS. The summed E-state index contributed by atoms with van der Waals surface area (Å²) < 4.78 is 0.253. The molecule has 3 N–H and O–H groups in total. The van der Waals surface area contributed by atoms with Crippen LogP contribution in [0.4, 0.5) is 5.69 Å². The number of benzene rings is 1. The number of hydrogen-bond donors (Lipinski definition) is 2. The lowest BCUT2D eigenvalue weighted by molar-refractivity contribution is 0.0954. The largest absolute Gasteiger partial charge is 0.398 e. The molecule has 0 bridgehead atoms. The van der Waals surface area contributed by atoms with E-state index >= 15 is 0 Å². The van der Waals surface area contributed by atoms with E-state index in [1.165, 1.54) is 12.8 Å². The highest BCUT2D eigenvalue weighted by atomic mass is 35.5. The molecular weight excluding hydrogens is 256 g/mol. The zero-order chi connectivity index (χ0) is 12.5. The van der Waals surface area contributed by atoms with Crippen LogP contribution in [0.25, 0.3) is 0 Å². The van der Waals surface area contributed by atoms with Gasteiger partial charge in [0.2, 0.25) is 0 Å². The Kier molecular flexibility index (Phi) is 3.54. The fourth-order valence-corrected chi connectivity index (χ4v) is 2.55. The maximum absolute atomic E-state index is 11.9. The Hall–Kier alpha value is -0.870. The van der Waals surface area contributed by atoms with E-state index in [9.17, 15) is 4.79 Å². The van der Waals surface area contributed by atoms with Gasteiger partial charge in [0.25, 0.3) is 5.91 Å². The lowest BCUT2D eigenvalue weighted by atomic mass is 10.1. The molecule has 2 rings (SSSR count). The first-order chi connectivity index (χ1) is 8.06. The van der Waals surface area contributed by atoms with Gasteiger partial charge in [0.15, 0.2) is 0 Å². The van der Waals surface area contributed by atoms with Crippen LogP contribution < -0.4 is 11.1 Å². The van der Waals surface area contributed by atoms with Gasteiger partial charge in [-0.15, -0.1) is 0 Å². The van der Waals surface area contributed by atoms with Crippen LogP contribution in [0.2, 0.25) is 5.02 Å². The average Bonchev–Trinajstić information content (AvgIpc) is 3.10. The van der Waals surface area contributed by atoms with Crippen molar-refractivity contribution in [1.29, 1.82) is 0 Å². The number of anilines is 1. The van der Waals surface area contributed by atoms with Gasteiger partial charge in [0.05, 0.1) is 5.56 Å². The maximum Gasteiger partial charge on any atom is 0.253 e. The first-order valence-corrected chi connectivity index (χ1v) is 7.05. The molecule has 0 spiro atoms. The second-order valence-electron chi connectivity index (χ2n) is 4.30. The van der Waals surface area contributed by atoms with Crippen LogP contribution >= 0.6 is 23.4 Å². The van der Waals surface area contributed by atoms with Crippen LogP contribution in [0.15, 0.2) is 18.2 Å². The number of rotatable bonds is 4. The molecule has 0 heterocycles. The molecule has 1 amide bonds. The van der Waals surface area contributed by atoms with Crippen molar-refractivity contribution in [1.82, 2.24) is 5.32 Å². The molecule has 1 aliphatic carbocycles. The zero-order valence-electron chi connectivity index (χ0n) is 9.63. The molecule has 0 unspecified atom stereocenters. The highest BCUT2D eigenvalue weighted by Gasteiger charge is 2.42. The Bertz CT molecular complexity index is 446. The lowest BCUT2D eigenvalue weighted by Gasteiger charge is -2.13. The number of carbonyl (C=O) groups is 1. The normalized spacial score (nSPS) is 16.6. The highest BCUT2D eigenvalue weighted by Crippen LogP contribution is 2.46. The van der Waals surface area contributed by atoms with Crippen molar-refractivity contribution in [2.24, 2.45) is 0 Å². The quantitative estimate of drug-likeness (QED) is 0.827. The minimum Gasteiger partial charge on any atom is -0.398 e. The summed E-state index contributed by atoms with van der Waals surface area (Å²) in [5.74, 6) is -0.148. The van der Waals surface area contributed by atoms with E-state index in [0.717, 1.165) is 0 Å². The lowest BCUT2D eigenvalue weighted by Crippen LogP contribution is -2.32. The van der Waals surface area contributed by atoms with Crippen LogP contribution in [0.3, 0.4) is 0 Å². The third-order valence-electron chi connectivity index (χ3n) is 3.07. The molecule has 1 aliphatic rings. The molecule has 0 radical (unpaired) electrons. The van der Waals surface area contributed by atoms with Gasteiger partial charge >= 0.3 is 0 Å². The monoisotopic (exact) mass is 270 g/mol. The number of hydrogen-bond acceptors (Lipinski definition) is 3. The molecule has 92 valence electrons. The van der Waals surface area contributed by atoms with Crippen molar-refractivity contribution in [3.05, 3.63) is 28.8 Å². The number of thioether (sulfide) groups is 1. The molecule has 1 fully saturated rings. The van der Waals surface area contributed by atoms with Crippen molar-refractivity contribution in [3.8, 4) is 0 Å². The smallest absolute Gasteiger partial charge is 0.253 e. The Balaban J connectivity index is 2.02. The number of carbonyl (C=O) groups excluding carboxylic acids is 1. The van der Waals surface area contributed by atoms with Crippen LogP contribution in [0, 0.1) is 0 Å². The predicted molar refractivity (Wildman–Crippen MR) is 73.7 cm³/mol. The Morgan fingerprint density at radius 1 is 1.59 bits per heavy atom. The summed E-state index contributed by atoms with van der Waals surface area (Å²) in [6.07, 6.45) is 4.41. The first-order valence-electron chi connectivity index (χ1n) is 5.45. The minimum atomic E-state index is -0.148. The molecule has 0 atom stereocenters. The first kappa shape index (κ1) is 12.6. The van der Waals surface area contributed by atoms with Gasteiger partial charge in [-0.25, -0.2) is 0 Å². The maximum atomic E-state index is 11.9. The molecule has 1 aromatic carbocycles. The van der Waals surface area contributed by atoms with E-state index in [0.29, 0.717) is 22.8 Å². The van der Waals surface area contributed by atoms with Crippen LogP contribution in [0.1, 0.15) is 23.2 Å². The summed E-state index contributed by atoms with van der Waals surface area (Å²) in [6, 6.07) is 4.93. The van der Waals surface area contributed by atoms with E-state index in [4.69, 9.17) is 17.3 Å². The Morgan fingerprint density at radius 3 is 2.88 bits per heavy atom. The van der Waals surface area contributed by atoms with Crippen LogP contribution in [-0.4, -0.2) is 23.5 Å². The summed E-state index contributed by atoms with van der Waals surface area (Å²) in [5.41, 5.74) is 6.67. The second kappa shape index (κ2) is 4.78. The minimum absolute atomic E-state index is 0.148. The summed E-state index contributed by atoms with van der Waals surface area (Å²) in [5, 5.41) is 3.45. The molecule has 17 heavy (non-hydrogen) atoms. The molecule has 3 nitrogen and oxygen atoms in total. The second-order valence-corrected chi connectivity index (χ2v) is 6.01. The van der Waals surface area contributed by atoms with Gasteiger partial charge < -0.3 is 11.1 Å². The van der Waals surface area contributed by atoms with Crippen molar-refractivity contribution >= 4 is 35.0 Å². The number of halogens is 1. The summed E-state index contributed by atoms with van der Waals surface area (Å²) >= 11 is 7.66. The number of nitrogen functional groups attached to an aromatic ring is 1. The number of nitrogens with two attached hydrogens (primary N) is 1. The molecule has 1 aromatic rings. The van der Waals surface area contributed by atoms with Crippen LogP contribution in [0.5, 0.6) is 0 Å². The fraction of sp³-hybridized carbons (Fsp3) is 0.417. The van der Waals surface area contributed by atoms with Crippen LogP contribution in [-0.2, 0) is 0 Å². The summed E-state index contributed by atoms with van der Waals surface area (Å²) in [4.78, 5) is 11.9. The van der Waals surface area contributed by atoms with E-state index in [1.54, 1.807) is 18.2 Å². The van der Waals surface area contributed by atoms with Gasteiger partial charge in [-0.2, -0.15) is 11.8 Å². The van der Waals surface area contributed by atoms with Crippen molar-refractivity contribution in [2.45, 2.75) is 17.6 Å². The number of nitrogens with one attached hydrogen (secondary N) is 1. The molecule has 0 saturated heterocycles. The van der Waals surface area contributed by atoms with Crippen molar-refractivity contribution in [2.75, 3.05) is 18.5 Å². The fourth-order valence-electron chi connectivity index (χ4n) is 1.65. The van der Waals surface area contributed by atoms with E-state index in [1.807, 2.05) is 11.8 Å². The molecule has 0 aromatic heterocycles. The number of amides is 1. The van der Waals surface area contributed by atoms with Gasteiger partial charge in [-0.3, -0.25) is 4.79 Å².